The number of methoxy groups -OCH3 is 1. The summed E-state index contributed by atoms with van der Waals surface area (Å²) in [4.78, 5) is 31.6. The van der Waals surface area contributed by atoms with Crippen LogP contribution in [0.2, 0.25) is 0 Å². The number of nitrogens with zero attached hydrogens (tertiary/aromatic N) is 2. The van der Waals surface area contributed by atoms with E-state index in [2.05, 4.69) is 15.6 Å². The summed E-state index contributed by atoms with van der Waals surface area (Å²) in [5.41, 5.74) is 1.46. The quantitative estimate of drug-likeness (QED) is 0.311. The first-order valence-corrected chi connectivity index (χ1v) is 11.6. The van der Waals surface area contributed by atoms with Crippen LogP contribution in [0.4, 0.5) is 20.9 Å². The summed E-state index contributed by atoms with van der Waals surface area (Å²) in [5, 5.41) is 8.06. The van der Waals surface area contributed by atoms with Gasteiger partial charge in [-0.2, -0.15) is 0 Å². The van der Waals surface area contributed by atoms with E-state index in [0.29, 0.717) is 22.3 Å². The molecule has 2 aromatic heterocycles. The third-order valence-electron chi connectivity index (χ3n) is 5.02. The van der Waals surface area contributed by atoms with Crippen LogP contribution in [-0.4, -0.2) is 35.4 Å². The lowest BCUT2D eigenvalue weighted by Crippen LogP contribution is -2.33. The Hall–Kier alpha value is -4.18. The maximum atomic E-state index is 13.3. The van der Waals surface area contributed by atoms with Gasteiger partial charge in [0.25, 0.3) is 5.91 Å². The van der Waals surface area contributed by atoms with E-state index in [0.717, 1.165) is 5.69 Å². The monoisotopic (exact) mass is 494 g/mol. The van der Waals surface area contributed by atoms with Gasteiger partial charge in [-0.05, 0) is 48.5 Å². The van der Waals surface area contributed by atoms with Crippen LogP contribution < -0.4 is 15.4 Å². The number of para-hydroxylation sites is 2. The molecule has 0 bridgehead atoms. The molecule has 4 rings (SSSR count). The molecule has 0 atom stereocenters. The number of amides is 2. The number of thiazole rings is 1. The summed E-state index contributed by atoms with van der Waals surface area (Å²) in [7, 11) is 1.58. The average molecular weight is 495 g/mol. The van der Waals surface area contributed by atoms with E-state index in [4.69, 9.17) is 9.15 Å². The molecule has 0 unspecified atom stereocenters. The number of carbonyl (C=O) groups excluding carboxylic acids is 2. The Balaban J connectivity index is 1.43. The summed E-state index contributed by atoms with van der Waals surface area (Å²) in [6, 6.07) is 16.4. The highest BCUT2D eigenvalue weighted by Gasteiger charge is 2.21. The fraction of sp³-hybridized carbons (Fsp3) is 0.160. The summed E-state index contributed by atoms with van der Waals surface area (Å²) >= 11 is 1.29. The Morgan fingerprint density at radius 2 is 1.91 bits per heavy atom. The van der Waals surface area contributed by atoms with Crippen LogP contribution in [0.15, 0.2) is 76.7 Å². The SMILES string of the molecule is COc1ccccc1Nc1nc(C(=O)N(CCC(=O)Nc2ccc(F)cc2)Cc2ccco2)cs1. The van der Waals surface area contributed by atoms with Gasteiger partial charge in [-0.25, -0.2) is 9.37 Å². The lowest BCUT2D eigenvalue weighted by molar-refractivity contribution is -0.116. The van der Waals surface area contributed by atoms with Gasteiger partial charge in [0.1, 0.15) is 23.0 Å². The van der Waals surface area contributed by atoms with Crippen molar-refractivity contribution in [1.82, 2.24) is 9.88 Å². The maximum absolute atomic E-state index is 13.3. The molecular weight excluding hydrogens is 471 g/mol. The molecule has 0 radical (unpaired) electrons. The van der Waals surface area contributed by atoms with E-state index in [1.807, 2.05) is 24.3 Å². The highest BCUT2D eigenvalue weighted by Crippen LogP contribution is 2.29. The molecule has 0 saturated heterocycles. The van der Waals surface area contributed by atoms with Gasteiger partial charge >= 0.3 is 0 Å². The molecular formula is C25H23FN4O4S. The largest absolute Gasteiger partial charge is 0.495 e. The second-order valence-electron chi connectivity index (χ2n) is 7.47. The predicted octanol–water partition coefficient (Wildman–Crippen LogP) is 5.30. The minimum atomic E-state index is -0.388. The number of hydrogen-bond donors (Lipinski definition) is 2. The summed E-state index contributed by atoms with van der Waals surface area (Å²) < 4.78 is 23.8. The molecule has 2 amide bonds. The maximum Gasteiger partial charge on any atom is 0.273 e. The molecule has 2 aromatic carbocycles. The van der Waals surface area contributed by atoms with Crippen molar-refractivity contribution < 1.29 is 23.1 Å². The number of anilines is 3. The topological polar surface area (TPSA) is 96.7 Å². The van der Waals surface area contributed by atoms with Crippen LogP contribution >= 0.6 is 11.3 Å². The molecule has 8 nitrogen and oxygen atoms in total. The molecule has 0 spiro atoms. The zero-order chi connectivity index (χ0) is 24.6. The number of hydrogen-bond acceptors (Lipinski definition) is 7. The molecule has 4 aromatic rings. The predicted molar refractivity (Wildman–Crippen MR) is 131 cm³/mol. The number of carbonyl (C=O) groups is 2. The Labute approximate surface area is 205 Å². The minimum Gasteiger partial charge on any atom is -0.495 e. The molecule has 180 valence electrons. The van der Waals surface area contributed by atoms with Gasteiger partial charge in [-0.1, -0.05) is 12.1 Å². The van der Waals surface area contributed by atoms with Crippen LogP contribution in [0.5, 0.6) is 5.75 Å². The Kier molecular flexibility index (Phi) is 7.74. The Morgan fingerprint density at radius 1 is 1.11 bits per heavy atom. The smallest absolute Gasteiger partial charge is 0.273 e. The van der Waals surface area contributed by atoms with Crippen molar-refractivity contribution in [3.8, 4) is 5.75 Å². The van der Waals surface area contributed by atoms with Crippen LogP contribution in [-0.2, 0) is 11.3 Å². The Morgan fingerprint density at radius 3 is 2.66 bits per heavy atom. The van der Waals surface area contributed by atoms with Crippen molar-refractivity contribution in [3.05, 3.63) is 89.6 Å². The minimum absolute atomic E-state index is 0.0419. The first-order valence-electron chi connectivity index (χ1n) is 10.7. The van der Waals surface area contributed by atoms with Gasteiger partial charge in [0.05, 0.1) is 25.6 Å². The first-order chi connectivity index (χ1) is 17.0. The normalized spacial score (nSPS) is 10.6. The van der Waals surface area contributed by atoms with E-state index >= 15 is 0 Å². The average Bonchev–Trinajstić information content (AvgIpc) is 3.55. The highest BCUT2D eigenvalue weighted by molar-refractivity contribution is 7.14. The fourth-order valence-corrected chi connectivity index (χ4v) is 3.99. The molecule has 10 heteroatoms. The lowest BCUT2D eigenvalue weighted by atomic mass is 10.2. The van der Waals surface area contributed by atoms with Gasteiger partial charge in [-0.3, -0.25) is 9.59 Å². The van der Waals surface area contributed by atoms with E-state index in [1.165, 1.54) is 46.8 Å². The van der Waals surface area contributed by atoms with E-state index in [1.54, 1.807) is 24.6 Å². The Bertz CT molecular complexity index is 1270. The van der Waals surface area contributed by atoms with Crippen LogP contribution in [0.3, 0.4) is 0 Å². The van der Waals surface area contributed by atoms with Crippen molar-refractivity contribution in [2.45, 2.75) is 13.0 Å². The molecule has 0 aliphatic heterocycles. The van der Waals surface area contributed by atoms with Crippen molar-refractivity contribution in [3.63, 3.8) is 0 Å². The number of rotatable bonds is 10. The van der Waals surface area contributed by atoms with E-state index < -0.39 is 0 Å². The second-order valence-corrected chi connectivity index (χ2v) is 8.33. The fourth-order valence-electron chi connectivity index (χ4n) is 3.29. The molecule has 0 aliphatic carbocycles. The summed E-state index contributed by atoms with van der Waals surface area (Å²) in [6.07, 6.45) is 1.57. The number of furan rings is 1. The van der Waals surface area contributed by atoms with Crippen molar-refractivity contribution >= 4 is 39.7 Å². The number of halogens is 1. The summed E-state index contributed by atoms with van der Waals surface area (Å²) in [6.45, 7) is 0.321. The van der Waals surface area contributed by atoms with Crippen molar-refractivity contribution in [1.29, 1.82) is 0 Å². The molecule has 2 N–H and O–H groups in total. The first kappa shape index (κ1) is 24.0. The zero-order valence-corrected chi connectivity index (χ0v) is 19.7. The number of aromatic nitrogens is 1. The van der Waals surface area contributed by atoms with Crippen molar-refractivity contribution in [2.75, 3.05) is 24.3 Å². The highest BCUT2D eigenvalue weighted by atomic mass is 32.1. The standard InChI is InChI=1S/C25H23FN4O4S/c1-33-22-7-3-2-6-20(22)28-25-29-21(16-35-25)24(32)30(15-19-5-4-14-34-19)13-12-23(31)27-18-10-8-17(26)9-11-18/h2-11,14,16H,12-13,15H2,1H3,(H,27,31)(H,28,29). The number of benzene rings is 2. The van der Waals surface area contributed by atoms with Gasteiger partial charge < -0.3 is 24.7 Å². The van der Waals surface area contributed by atoms with Crippen LogP contribution in [0, 0.1) is 5.82 Å². The van der Waals surface area contributed by atoms with Crippen molar-refractivity contribution in [2.24, 2.45) is 0 Å². The number of nitrogens with one attached hydrogen (secondary N) is 2. The van der Waals surface area contributed by atoms with Gasteiger partial charge in [0.15, 0.2) is 5.13 Å². The molecule has 0 aliphatic rings. The third-order valence-corrected chi connectivity index (χ3v) is 5.78. The molecule has 35 heavy (non-hydrogen) atoms. The second kappa shape index (κ2) is 11.3. The third kappa shape index (κ3) is 6.45. The van der Waals surface area contributed by atoms with E-state index in [9.17, 15) is 14.0 Å². The zero-order valence-electron chi connectivity index (χ0n) is 18.9. The van der Waals surface area contributed by atoms with Gasteiger partial charge in [0.2, 0.25) is 5.91 Å². The number of ether oxygens (including phenoxy) is 1. The van der Waals surface area contributed by atoms with Crippen LogP contribution in [0.25, 0.3) is 0 Å². The van der Waals surface area contributed by atoms with Gasteiger partial charge in [-0.15, -0.1) is 11.3 Å². The molecule has 2 heterocycles. The van der Waals surface area contributed by atoms with Gasteiger partial charge in [0, 0.05) is 24.0 Å². The lowest BCUT2D eigenvalue weighted by Gasteiger charge is -2.20. The van der Waals surface area contributed by atoms with E-state index in [-0.39, 0.29) is 42.8 Å². The molecule has 0 fully saturated rings. The van der Waals surface area contributed by atoms with Crippen LogP contribution in [0.1, 0.15) is 22.7 Å². The summed E-state index contributed by atoms with van der Waals surface area (Å²) in [5.74, 6) is 0.217. The molecule has 0 saturated carbocycles.